The monoisotopic (exact) mass is 569 g/mol. The van der Waals surface area contributed by atoms with Gasteiger partial charge in [-0.1, -0.05) is 97.4 Å². The van der Waals surface area contributed by atoms with Crippen LogP contribution in [0.15, 0.2) is 71.8 Å². The van der Waals surface area contributed by atoms with Crippen molar-refractivity contribution < 1.29 is 0 Å². The lowest BCUT2D eigenvalue weighted by Gasteiger charge is -1.97. The lowest BCUT2D eigenvalue weighted by atomic mass is 10.1. The van der Waals surface area contributed by atoms with Crippen molar-refractivity contribution in [1.29, 1.82) is 0 Å². The van der Waals surface area contributed by atoms with Crippen molar-refractivity contribution in [2.75, 3.05) is 0 Å². The zero-order valence-electron chi connectivity index (χ0n) is 18.8. The topological polar surface area (TPSA) is 4.93 Å². The Balaban J connectivity index is 1.29. The molecule has 0 amide bonds. The number of aryl methyl sites for hydroxylation is 1. The molecule has 0 radical (unpaired) electrons. The van der Waals surface area contributed by atoms with Gasteiger partial charge in [0.1, 0.15) is 0 Å². The molecule has 2 aliphatic rings. The van der Waals surface area contributed by atoms with Gasteiger partial charge in [-0.3, -0.25) is 0 Å². The SMILES string of the molecule is Cn1c2cc(C=C3C(=S)c4ccccc4C3=S)sc2c2sc(C=C3C(=S)c4ccccc4C3=S)cc21. The molecule has 1 nitrogen and oxygen atoms in total. The molecule has 0 aliphatic heterocycles. The minimum Gasteiger partial charge on any atom is -0.342 e. The van der Waals surface area contributed by atoms with E-state index in [0.29, 0.717) is 0 Å². The lowest BCUT2D eigenvalue weighted by molar-refractivity contribution is 1.02. The highest BCUT2D eigenvalue weighted by Crippen LogP contribution is 2.42. The van der Waals surface area contributed by atoms with Gasteiger partial charge in [0, 0.05) is 50.2 Å². The van der Waals surface area contributed by atoms with Gasteiger partial charge in [-0.25, -0.2) is 0 Å². The van der Waals surface area contributed by atoms with E-state index in [1.807, 2.05) is 24.3 Å². The van der Waals surface area contributed by atoms with Crippen molar-refractivity contribution in [3.63, 3.8) is 0 Å². The van der Waals surface area contributed by atoms with Gasteiger partial charge in [-0.05, 0) is 24.3 Å². The van der Waals surface area contributed by atoms with Gasteiger partial charge < -0.3 is 4.57 Å². The second-order valence-electron chi connectivity index (χ2n) is 8.81. The van der Waals surface area contributed by atoms with Crippen molar-refractivity contribution in [1.82, 2.24) is 4.57 Å². The summed E-state index contributed by atoms with van der Waals surface area (Å²) in [7, 11) is 2.12. The second kappa shape index (κ2) is 8.25. The van der Waals surface area contributed by atoms with Crippen LogP contribution in [0.1, 0.15) is 32.0 Å². The first-order valence-electron chi connectivity index (χ1n) is 11.2. The molecule has 3 aromatic heterocycles. The van der Waals surface area contributed by atoms with Gasteiger partial charge in [0.15, 0.2) is 0 Å². The summed E-state index contributed by atoms with van der Waals surface area (Å²) in [5.41, 5.74) is 8.65. The van der Waals surface area contributed by atoms with Crippen molar-refractivity contribution >= 4 is 124 Å². The molecular weight excluding hydrogens is 555 g/mol. The summed E-state index contributed by atoms with van der Waals surface area (Å²) < 4.78 is 4.82. The molecule has 0 saturated carbocycles. The number of allylic oxidation sites excluding steroid dienone is 2. The summed E-state index contributed by atoms with van der Waals surface area (Å²) in [4.78, 5) is 5.68. The van der Waals surface area contributed by atoms with E-state index in [1.165, 1.54) is 20.4 Å². The predicted molar refractivity (Wildman–Crippen MR) is 172 cm³/mol. The van der Waals surface area contributed by atoms with Crippen LogP contribution in [0.5, 0.6) is 0 Å². The minimum absolute atomic E-state index is 0.840. The van der Waals surface area contributed by atoms with E-state index in [-0.39, 0.29) is 0 Å². The molecule has 7 rings (SSSR count). The standard InChI is InChI=1S/C29H15NS6/c1-30-22-12-14(10-20-24(31)16-6-2-3-7-17(16)25(20)32)35-28(22)29-23(30)13-15(36-29)11-21-26(33)18-8-4-5-9-19(18)27(21)34/h2-13H,1H3. The highest BCUT2D eigenvalue weighted by atomic mass is 32.1. The third-order valence-electron chi connectivity index (χ3n) is 6.78. The summed E-state index contributed by atoms with van der Waals surface area (Å²) in [6.45, 7) is 0. The Morgan fingerprint density at radius 3 is 1.25 bits per heavy atom. The Labute approximate surface area is 237 Å². The van der Waals surface area contributed by atoms with Crippen LogP contribution in [0.25, 0.3) is 32.6 Å². The average Bonchev–Trinajstić information content (AvgIpc) is 3.65. The Morgan fingerprint density at radius 2 is 0.917 bits per heavy atom. The zero-order chi connectivity index (χ0) is 24.7. The van der Waals surface area contributed by atoms with Crippen LogP contribution in [0, 0.1) is 0 Å². The number of nitrogens with zero attached hydrogens (tertiary/aromatic N) is 1. The van der Waals surface area contributed by atoms with Crippen LogP contribution in [0.2, 0.25) is 0 Å². The normalized spacial score (nSPS) is 14.9. The minimum atomic E-state index is 0.840. The molecule has 36 heavy (non-hydrogen) atoms. The molecular formula is C29H15NS6. The lowest BCUT2D eigenvalue weighted by Crippen LogP contribution is -1.97. The Kier molecular flexibility index (Phi) is 5.19. The van der Waals surface area contributed by atoms with E-state index in [2.05, 4.69) is 60.2 Å². The molecule has 0 saturated heterocycles. The largest absolute Gasteiger partial charge is 0.342 e. The maximum absolute atomic E-state index is 5.77. The third-order valence-corrected chi connectivity index (χ3v) is 10.8. The predicted octanol–water partition coefficient (Wildman–Crippen LogP) is 8.52. The second-order valence-corrected chi connectivity index (χ2v) is 12.6. The molecule has 172 valence electrons. The summed E-state index contributed by atoms with van der Waals surface area (Å²) in [6, 6.07) is 20.8. The van der Waals surface area contributed by atoms with Gasteiger partial charge in [-0.15, -0.1) is 22.7 Å². The first-order chi connectivity index (χ1) is 17.4. The Hall–Kier alpha value is -2.52. The quantitative estimate of drug-likeness (QED) is 0.155. The molecule has 2 aromatic carbocycles. The maximum Gasteiger partial charge on any atom is 0.0707 e. The third kappa shape index (κ3) is 3.21. The fourth-order valence-corrected chi connectivity index (χ4v) is 8.88. The van der Waals surface area contributed by atoms with Crippen molar-refractivity contribution in [2.45, 2.75) is 0 Å². The maximum atomic E-state index is 5.77. The molecule has 0 fully saturated rings. The van der Waals surface area contributed by atoms with Crippen LogP contribution < -0.4 is 0 Å². The van der Waals surface area contributed by atoms with E-state index in [4.69, 9.17) is 48.9 Å². The number of benzene rings is 2. The van der Waals surface area contributed by atoms with E-state index >= 15 is 0 Å². The first kappa shape index (κ1) is 22.7. The molecule has 0 bridgehead atoms. The molecule has 3 heterocycles. The number of rotatable bonds is 2. The van der Waals surface area contributed by atoms with Crippen LogP contribution in [0.4, 0.5) is 0 Å². The number of aromatic nitrogens is 1. The molecule has 5 aromatic rings. The summed E-state index contributed by atoms with van der Waals surface area (Å²) in [6.07, 6.45) is 4.31. The molecule has 0 spiro atoms. The molecule has 0 atom stereocenters. The van der Waals surface area contributed by atoms with Gasteiger partial charge in [0.05, 0.1) is 39.9 Å². The molecule has 7 heteroatoms. The molecule has 0 unspecified atom stereocenters. The fraction of sp³-hybridized carbons (Fsp3) is 0.0345. The zero-order valence-corrected chi connectivity index (χ0v) is 23.7. The van der Waals surface area contributed by atoms with Crippen LogP contribution >= 0.6 is 71.5 Å². The highest BCUT2D eigenvalue weighted by molar-refractivity contribution is 7.84. The number of thiocarbonyl (C=S) groups is 4. The van der Waals surface area contributed by atoms with E-state index in [0.717, 1.165) is 62.6 Å². The van der Waals surface area contributed by atoms with E-state index in [9.17, 15) is 0 Å². The Bertz CT molecular complexity index is 1710. The number of thiophene rings is 2. The van der Waals surface area contributed by atoms with E-state index in [1.54, 1.807) is 22.7 Å². The molecule has 0 N–H and O–H groups in total. The van der Waals surface area contributed by atoms with Gasteiger partial charge in [0.2, 0.25) is 0 Å². The smallest absolute Gasteiger partial charge is 0.0707 e. The van der Waals surface area contributed by atoms with Crippen LogP contribution in [-0.2, 0) is 7.05 Å². The van der Waals surface area contributed by atoms with Gasteiger partial charge in [0.25, 0.3) is 0 Å². The average molecular weight is 570 g/mol. The van der Waals surface area contributed by atoms with Crippen LogP contribution in [-0.4, -0.2) is 24.0 Å². The van der Waals surface area contributed by atoms with Gasteiger partial charge >= 0.3 is 0 Å². The highest BCUT2D eigenvalue weighted by Gasteiger charge is 2.28. The first-order valence-corrected chi connectivity index (χ1v) is 14.5. The van der Waals surface area contributed by atoms with Crippen molar-refractivity contribution in [3.05, 3.63) is 104 Å². The van der Waals surface area contributed by atoms with Crippen molar-refractivity contribution in [2.24, 2.45) is 7.05 Å². The Morgan fingerprint density at radius 1 is 0.583 bits per heavy atom. The summed E-state index contributed by atoms with van der Waals surface area (Å²) in [5, 5.41) is 0. The number of hydrogen-bond acceptors (Lipinski definition) is 6. The van der Waals surface area contributed by atoms with Gasteiger partial charge in [-0.2, -0.15) is 0 Å². The summed E-state index contributed by atoms with van der Waals surface area (Å²) >= 11 is 26.6. The number of hydrogen-bond donors (Lipinski definition) is 0. The summed E-state index contributed by atoms with van der Waals surface area (Å²) in [5.74, 6) is 0. The van der Waals surface area contributed by atoms with Crippen LogP contribution in [0.3, 0.4) is 0 Å². The van der Waals surface area contributed by atoms with E-state index < -0.39 is 0 Å². The fourth-order valence-electron chi connectivity index (χ4n) is 4.99. The number of fused-ring (bicyclic) bond motifs is 5. The molecule has 2 aliphatic carbocycles. The van der Waals surface area contributed by atoms with Crippen molar-refractivity contribution in [3.8, 4) is 0 Å².